The van der Waals surface area contributed by atoms with Gasteiger partial charge in [-0.3, -0.25) is 14.4 Å². The number of nitriles is 1. The molecule has 2 aliphatic rings. The normalized spacial score (nSPS) is 22.8. The molecule has 12 heteroatoms. The number of hydrogen-bond acceptors (Lipinski definition) is 5. The number of hydrogen-bond donors (Lipinski definition) is 2. The number of aromatic nitrogens is 2. The first-order valence-corrected chi connectivity index (χ1v) is 12.8. The molecule has 1 saturated heterocycles. The predicted molar refractivity (Wildman–Crippen MR) is 138 cm³/mol. The van der Waals surface area contributed by atoms with E-state index in [4.69, 9.17) is 0 Å². The van der Waals surface area contributed by atoms with Crippen molar-refractivity contribution in [1.29, 1.82) is 5.26 Å². The number of rotatable bonds is 5. The molecule has 1 aliphatic carbocycles. The molecule has 5 atom stereocenters. The van der Waals surface area contributed by atoms with Crippen LogP contribution in [0.4, 0.5) is 13.2 Å². The average molecular weight is 557 g/mol. The van der Waals surface area contributed by atoms with Gasteiger partial charge in [0.15, 0.2) is 0 Å². The van der Waals surface area contributed by atoms with Crippen LogP contribution in [0.25, 0.3) is 5.52 Å². The summed E-state index contributed by atoms with van der Waals surface area (Å²) in [6.07, 6.45) is -2.02. The number of pyridine rings is 1. The second kappa shape index (κ2) is 9.84. The van der Waals surface area contributed by atoms with Crippen molar-refractivity contribution in [1.82, 2.24) is 25.1 Å². The third kappa shape index (κ3) is 4.99. The fourth-order valence-corrected chi connectivity index (χ4v) is 5.76. The lowest BCUT2D eigenvalue weighted by atomic mass is 9.85. The lowest BCUT2D eigenvalue weighted by Gasteiger charge is -2.37. The van der Waals surface area contributed by atoms with Gasteiger partial charge in [0.05, 0.1) is 23.3 Å². The molecule has 2 N–H and O–H groups in total. The molecule has 3 heterocycles. The summed E-state index contributed by atoms with van der Waals surface area (Å²) in [7, 11) is 0. The summed E-state index contributed by atoms with van der Waals surface area (Å²) >= 11 is 0. The number of carbonyl (C=O) groups excluding carboxylic acids is 3. The number of nitrogens with zero attached hydrogens (tertiary/aromatic N) is 4. The van der Waals surface area contributed by atoms with Crippen molar-refractivity contribution in [3.05, 3.63) is 35.7 Å². The van der Waals surface area contributed by atoms with Crippen LogP contribution in [0.3, 0.4) is 0 Å². The minimum absolute atomic E-state index is 0.0601. The van der Waals surface area contributed by atoms with E-state index in [1.807, 2.05) is 19.2 Å². The van der Waals surface area contributed by atoms with Crippen molar-refractivity contribution in [2.45, 2.75) is 65.8 Å². The maximum atomic E-state index is 13.8. The van der Waals surface area contributed by atoms with E-state index in [1.165, 1.54) is 31.9 Å². The summed E-state index contributed by atoms with van der Waals surface area (Å²) in [5.74, 6) is 1.84. The monoisotopic (exact) mass is 556 g/mol. The van der Waals surface area contributed by atoms with E-state index in [2.05, 4.69) is 28.3 Å². The standard InChI is InChI=1S/C28H31F3N6O3/c1-7-9-15-10-8-11-37-20(15)16(13-33-37)18(12-32)34-23(38)21-19-17(27(19,5)6)14-36(21)24(39)22(26(2,3)4)35-25(40)28(29,30)31/h8,10-11,13,17-19,21-22H,14H2,1-6H3,(H,34,38)(H,35,40). The van der Waals surface area contributed by atoms with E-state index in [-0.39, 0.29) is 23.8 Å². The van der Waals surface area contributed by atoms with E-state index in [0.29, 0.717) is 16.6 Å². The molecular weight excluding hydrogens is 525 g/mol. The topological polar surface area (TPSA) is 120 Å². The summed E-state index contributed by atoms with van der Waals surface area (Å²) in [6.45, 7) is 10.3. The quantitative estimate of drug-likeness (QED) is 0.549. The van der Waals surface area contributed by atoms with E-state index >= 15 is 0 Å². The van der Waals surface area contributed by atoms with Crippen LogP contribution in [0.5, 0.6) is 0 Å². The Labute approximate surface area is 230 Å². The number of piperidine rings is 1. The molecule has 1 saturated carbocycles. The molecule has 0 aromatic carbocycles. The Morgan fingerprint density at radius 3 is 2.45 bits per heavy atom. The zero-order valence-electron chi connectivity index (χ0n) is 23.1. The summed E-state index contributed by atoms with van der Waals surface area (Å²) in [5.41, 5.74) is 0.213. The van der Waals surface area contributed by atoms with Crippen molar-refractivity contribution in [2.75, 3.05) is 6.54 Å². The van der Waals surface area contributed by atoms with Crippen LogP contribution in [-0.4, -0.2) is 57.0 Å². The van der Waals surface area contributed by atoms with E-state index in [9.17, 15) is 32.8 Å². The van der Waals surface area contributed by atoms with Gasteiger partial charge in [-0.2, -0.15) is 23.5 Å². The molecule has 0 spiro atoms. The first-order chi connectivity index (χ1) is 18.5. The van der Waals surface area contributed by atoms with Crippen molar-refractivity contribution >= 4 is 23.2 Å². The molecule has 2 fully saturated rings. The predicted octanol–water partition coefficient (Wildman–Crippen LogP) is 2.96. The molecule has 212 valence electrons. The highest BCUT2D eigenvalue weighted by Crippen LogP contribution is 2.65. The second-order valence-corrected chi connectivity index (χ2v) is 11.9. The van der Waals surface area contributed by atoms with Gasteiger partial charge in [-0.15, -0.1) is 5.92 Å². The molecule has 4 rings (SSSR count). The summed E-state index contributed by atoms with van der Waals surface area (Å²) in [4.78, 5) is 40.5. The molecule has 9 nitrogen and oxygen atoms in total. The minimum Gasteiger partial charge on any atom is -0.336 e. The van der Waals surface area contributed by atoms with Gasteiger partial charge in [-0.25, -0.2) is 4.52 Å². The summed E-state index contributed by atoms with van der Waals surface area (Å²) < 4.78 is 40.8. The number of fused-ring (bicyclic) bond motifs is 2. The zero-order valence-corrected chi connectivity index (χ0v) is 23.1. The van der Waals surface area contributed by atoms with Crippen LogP contribution in [0.15, 0.2) is 24.5 Å². The summed E-state index contributed by atoms with van der Waals surface area (Å²) in [5, 5.41) is 18.9. The van der Waals surface area contributed by atoms with Crippen LogP contribution < -0.4 is 10.6 Å². The van der Waals surface area contributed by atoms with Gasteiger partial charge in [0.1, 0.15) is 18.1 Å². The molecule has 40 heavy (non-hydrogen) atoms. The lowest BCUT2D eigenvalue weighted by Crippen LogP contribution is -2.60. The molecule has 0 bridgehead atoms. The van der Waals surface area contributed by atoms with Crippen molar-refractivity contribution in [2.24, 2.45) is 22.7 Å². The maximum absolute atomic E-state index is 13.8. The van der Waals surface area contributed by atoms with Crippen LogP contribution in [0, 0.1) is 45.8 Å². The number of amides is 3. The Hall–Kier alpha value is -4.06. The number of alkyl halides is 3. The van der Waals surface area contributed by atoms with Gasteiger partial charge in [-0.05, 0) is 41.7 Å². The SMILES string of the molecule is CC#Cc1cccn2ncc(C(C#N)NC(=O)C3C4C(CN3C(=O)C(NC(=O)C(F)(F)F)C(C)(C)C)C4(C)C)c12. The first-order valence-electron chi connectivity index (χ1n) is 12.8. The Morgan fingerprint density at radius 1 is 1.20 bits per heavy atom. The molecular formula is C28H31F3N6O3. The van der Waals surface area contributed by atoms with Crippen LogP contribution in [0.1, 0.15) is 58.7 Å². The van der Waals surface area contributed by atoms with Gasteiger partial charge in [0.25, 0.3) is 0 Å². The van der Waals surface area contributed by atoms with Crippen molar-refractivity contribution in [3.63, 3.8) is 0 Å². The molecule has 3 amide bonds. The van der Waals surface area contributed by atoms with Gasteiger partial charge in [0.2, 0.25) is 11.8 Å². The highest BCUT2D eigenvalue weighted by Gasteiger charge is 2.70. The highest BCUT2D eigenvalue weighted by atomic mass is 19.4. The van der Waals surface area contributed by atoms with E-state index in [1.54, 1.807) is 29.8 Å². The van der Waals surface area contributed by atoms with Gasteiger partial charge in [-0.1, -0.05) is 40.5 Å². The largest absolute Gasteiger partial charge is 0.471 e. The molecule has 2 aromatic rings. The molecule has 0 radical (unpaired) electrons. The fourth-order valence-electron chi connectivity index (χ4n) is 5.76. The Morgan fingerprint density at radius 2 is 1.88 bits per heavy atom. The number of carbonyl (C=O) groups is 3. The lowest BCUT2D eigenvalue weighted by molar-refractivity contribution is -0.176. The Kier molecular flexibility index (Phi) is 7.12. The van der Waals surface area contributed by atoms with E-state index in [0.717, 1.165) is 0 Å². The third-order valence-corrected chi connectivity index (χ3v) is 7.96. The van der Waals surface area contributed by atoms with Crippen LogP contribution >= 0.6 is 0 Å². The number of nitrogens with one attached hydrogen (secondary N) is 2. The van der Waals surface area contributed by atoms with Crippen LogP contribution in [0.2, 0.25) is 0 Å². The molecule has 1 aliphatic heterocycles. The summed E-state index contributed by atoms with van der Waals surface area (Å²) in [6, 6.07) is 1.91. The second-order valence-electron chi connectivity index (χ2n) is 11.9. The van der Waals surface area contributed by atoms with Crippen LogP contribution in [-0.2, 0) is 14.4 Å². The Balaban J connectivity index is 1.65. The van der Waals surface area contributed by atoms with Gasteiger partial charge < -0.3 is 15.5 Å². The van der Waals surface area contributed by atoms with Gasteiger partial charge in [0, 0.05) is 18.3 Å². The maximum Gasteiger partial charge on any atom is 0.471 e. The fraction of sp³-hybridized carbons (Fsp3) is 0.536. The smallest absolute Gasteiger partial charge is 0.336 e. The molecule has 5 unspecified atom stereocenters. The van der Waals surface area contributed by atoms with Crippen molar-refractivity contribution in [3.8, 4) is 17.9 Å². The first kappa shape index (κ1) is 28.9. The highest BCUT2D eigenvalue weighted by molar-refractivity contribution is 5.95. The number of likely N-dealkylation sites (tertiary alicyclic amines) is 1. The molecule has 2 aromatic heterocycles. The zero-order chi connectivity index (χ0) is 29.8. The minimum atomic E-state index is -5.18. The number of halogens is 3. The average Bonchev–Trinajstić information content (AvgIpc) is 3.23. The van der Waals surface area contributed by atoms with E-state index < -0.39 is 47.4 Å². The third-order valence-electron chi connectivity index (χ3n) is 7.96. The Bertz CT molecular complexity index is 1470. The van der Waals surface area contributed by atoms with Gasteiger partial charge >= 0.3 is 12.1 Å². The van der Waals surface area contributed by atoms with Crippen molar-refractivity contribution < 1.29 is 27.6 Å².